The summed E-state index contributed by atoms with van der Waals surface area (Å²) >= 11 is 0. The minimum absolute atomic E-state index is 0.0187. The quantitative estimate of drug-likeness (QED) is 0.824. The van der Waals surface area contributed by atoms with Crippen LogP contribution in [-0.4, -0.2) is 41.8 Å². The topological polar surface area (TPSA) is 53.5 Å². The van der Waals surface area contributed by atoms with Gasteiger partial charge >= 0.3 is 0 Å². The predicted molar refractivity (Wildman–Crippen MR) is 92.4 cm³/mol. The molecule has 0 spiro atoms. The minimum Gasteiger partial charge on any atom is -0.345 e. The number of carbonyl (C=O) groups excluding carboxylic acids is 2. The molecule has 1 atom stereocenters. The molecule has 1 aromatic carbocycles. The van der Waals surface area contributed by atoms with E-state index in [1.165, 1.54) is 6.07 Å². The molecule has 1 aromatic heterocycles. The van der Waals surface area contributed by atoms with Gasteiger partial charge in [0.15, 0.2) is 0 Å². The number of pyridine rings is 1. The van der Waals surface area contributed by atoms with Crippen molar-refractivity contribution in [1.82, 2.24) is 9.88 Å². The number of hydrogen-bond acceptors (Lipinski definition) is 3. The molecule has 1 fully saturated rings. The van der Waals surface area contributed by atoms with Gasteiger partial charge in [-0.2, -0.15) is 0 Å². The van der Waals surface area contributed by atoms with Crippen LogP contribution in [0.4, 0.5) is 14.5 Å². The first kappa shape index (κ1) is 18.0. The van der Waals surface area contributed by atoms with Crippen LogP contribution in [0.15, 0.2) is 42.7 Å². The maximum absolute atomic E-state index is 13.9. The Morgan fingerprint density at radius 3 is 2.54 bits per heavy atom. The molecule has 0 bridgehead atoms. The van der Waals surface area contributed by atoms with Crippen LogP contribution >= 0.6 is 0 Å². The lowest BCUT2D eigenvalue weighted by molar-refractivity contribution is -0.134. The molecule has 1 aliphatic heterocycles. The van der Waals surface area contributed by atoms with Gasteiger partial charge in [-0.05, 0) is 36.2 Å². The standard InChI is InChI=1S/C19H19F2N3O2/c1-23(10-7-13-5-8-22-9-6-13)19(26)14-11-17(25)24(12-14)18-15(20)3-2-4-16(18)21/h2-6,8-9,14H,7,10-12H2,1H3. The Morgan fingerprint density at radius 2 is 1.88 bits per heavy atom. The average Bonchev–Trinajstić information content (AvgIpc) is 3.01. The summed E-state index contributed by atoms with van der Waals surface area (Å²) in [5.74, 6) is -2.87. The van der Waals surface area contributed by atoms with Gasteiger partial charge in [-0.3, -0.25) is 14.6 Å². The van der Waals surface area contributed by atoms with Gasteiger partial charge in [0.05, 0.1) is 5.92 Å². The number of hydrogen-bond donors (Lipinski definition) is 0. The highest BCUT2D eigenvalue weighted by Crippen LogP contribution is 2.30. The van der Waals surface area contributed by atoms with Crippen molar-refractivity contribution in [3.8, 4) is 0 Å². The second-order valence-electron chi connectivity index (χ2n) is 6.34. The van der Waals surface area contributed by atoms with Gasteiger partial charge in [0.1, 0.15) is 17.3 Å². The Balaban J connectivity index is 1.65. The lowest BCUT2D eigenvalue weighted by Gasteiger charge is -2.22. The molecular weight excluding hydrogens is 340 g/mol. The predicted octanol–water partition coefficient (Wildman–Crippen LogP) is 2.41. The molecule has 0 radical (unpaired) electrons. The number of nitrogens with zero attached hydrogens (tertiary/aromatic N) is 3. The van der Waals surface area contributed by atoms with E-state index in [9.17, 15) is 18.4 Å². The molecule has 1 unspecified atom stereocenters. The third-order valence-electron chi connectivity index (χ3n) is 4.54. The largest absolute Gasteiger partial charge is 0.345 e. The number of para-hydroxylation sites is 1. The van der Waals surface area contributed by atoms with Crippen molar-refractivity contribution in [2.24, 2.45) is 5.92 Å². The fourth-order valence-electron chi connectivity index (χ4n) is 3.10. The summed E-state index contributed by atoms with van der Waals surface area (Å²) < 4.78 is 27.9. The van der Waals surface area contributed by atoms with E-state index < -0.39 is 23.5 Å². The van der Waals surface area contributed by atoms with Gasteiger partial charge in [-0.1, -0.05) is 6.07 Å². The van der Waals surface area contributed by atoms with Crippen LogP contribution in [0.1, 0.15) is 12.0 Å². The Kier molecular flexibility index (Phi) is 5.25. The van der Waals surface area contributed by atoms with Crippen molar-refractivity contribution < 1.29 is 18.4 Å². The maximum Gasteiger partial charge on any atom is 0.228 e. The summed E-state index contributed by atoms with van der Waals surface area (Å²) in [7, 11) is 1.67. The third-order valence-corrected chi connectivity index (χ3v) is 4.54. The zero-order valence-corrected chi connectivity index (χ0v) is 14.4. The average molecular weight is 359 g/mol. The first-order valence-electron chi connectivity index (χ1n) is 8.35. The van der Waals surface area contributed by atoms with E-state index in [0.717, 1.165) is 22.6 Å². The highest BCUT2D eigenvalue weighted by atomic mass is 19.1. The Labute approximate surface area is 150 Å². The first-order chi connectivity index (χ1) is 12.5. The van der Waals surface area contributed by atoms with Crippen molar-refractivity contribution in [3.05, 3.63) is 59.9 Å². The van der Waals surface area contributed by atoms with Crippen LogP contribution in [0.5, 0.6) is 0 Å². The smallest absolute Gasteiger partial charge is 0.228 e. The molecule has 26 heavy (non-hydrogen) atoms. The lowest BCUT2D eigenvalue weighted by atomic mass is 10.1. The number of likely N-dealkylation sites (N-methyl/N-ethyl adjacent to an activating group) is 1. The molecule has 136 valence electrons. The van der Waals surface area contributed by atoms with Gasteiger partial charge in [0.25, 0.3) is 0 Å². The third kappa shape index (κ3) is 3.71. The molecule has 1 saturated heterocycles. The van der Waals surface area contributed by atoms with E-state index in [0.29, 0.717) is 13.0 Å². The molecule has 3 rings (SSSR count). The van der Waals surface area contributed by atoms with Crippen LogP contribution in [0, 0.1) is 17.6 Å². The van der Waals surface area contributed by atoms with Crippen LogP contribution < -0.4 is 4.90 Å². The molecular formula is C19H19F2N3O2. The normalized spacial score (nSPS) is 16.8. The van der Waals surface area contributed by atoms with E-state index in [-0.39, 0.29) is 24.6 Å². The summed E-state index contributed by atoms with van der Waals surface area (Å²) in [6.07, 6.45) is 3.99. The molecule has 1 aliphatic rings. The van der Waals surface area contributed by atoms with Crippen molar-refractivity contribution in [2.45, 2.75) is 12.8 Å². The summed E-state index contributed by atoms with van der Waals surface area (Å²) in [5, 5.41) is 0. The number of carbonyl (C=O) groups is 2. The summed E-state index contributed by atoms with van der Waals surface area (Å²) in [4.78, 5) is 31.3. The SMILES string of the molecule is CN(CCc1ccncc1)C(=O)C1CC(=O)N(c2c(F)cccc2F)C1. The lowest BCUT2D eigenvalue weighted by Crippen LogP contribution is -2.36. The highest BCUT2D eigenvalue weighted by molar-refractivity contribution is 6.00. The van der Waals surface area contributed by atoms with E-state index >= 15 is 0 Å². The fourth-order valence-corrected chi connectivity index (χ4v) is 3.10. The van der Waals surface area contributed by atoms with Gasteiger partial charge in [0.2, 0.25) is 11.8 Å². The van der Waals surface area contributed by atoms with Gasteiger partial charge in [-0.15, -0.1) is 0 Å². The molecule has 2 aromatic rings. The van der Waals surface area contributed by atoms with E-state index in [2.05, 4.69) is 4.98 Å². The number of halogens is 2. The molecule has 5 nitrogen and oxygen atoms in total. The highest BCUT2D eigenvalue weighted by Gasteiger charge is 2.38. The van der Waals surface area contributed by atoms with Gasteiger partial charge in [0, 0.05) is 39.0 Å². The van der Waals surface area contributed by atoms with Crippen LogP contribution in [0.2, 0.25) is 0 Å². The number of rotatable bonds is 5. The molecule has 0 saturated carbocycles. The summed E-state index contributed by atoms with van der Waals surface area (Å²) in [5.41, 5.74) is 0.671. The van der Waals surface area contributed by atoms with Crippen molar-refractivity contribution in [3.63, 3.8) is 0 Å². The summed E-state index contributed by atoms with van der Waals surface area (Å²) in [6.45, 7) is 0.469. The maximum atomic E-state index is 13.9. The number of anilines is 1. The van der Waals surface area contributed by atoms with Crippen LogP contribution in [-0.2, 0) is 16.0 Å². The van der Waals surface area contributed by atoms with Crippen LogP contribution in [0.3, 0.4) is 0 Å². The number of aromatic nitrogens is 1. The summed E-state index contributed by atoms with van der Waals surface area (Å²) in [6, 6.07) is 7.19. The van der Waals surface area contributed by atoms with E-state index in [4.69, 9.17) is 0 Å². The molecule has 7 heteroatoms. The Bertz CT molecular complexity index is 793. The molecule has 2 heterocycles. The van der Waals surface area contributed by atoms with Crippen molar-refractivity contribution in [1.29, 1.82) is 0 Å². The Morgan fingerprint density at radius 1 is 1.23 bits per heavy atom. The number of benzene rings is 1. The van der Waals surface area contributed by atoms with Crippen molar-refractivity contribution >= 4 is 17.5 Å². The first-order valence-corrected chi connectivity index (χ1v) is 8.35. The van der Waals surface area contributed by atoms with Gasteiger partial charge in [-0.25, -0.2) is 8.78 Å². The fraction of sp³-hybridized carbons (Fsp3) is 0.316. The monoisotopic (exact) mass is 359 g/mol. The molecule has 0 N–H and O–H groups in total. The second kappa shape index (κ2) is 7.59. The molecule has 2 amide bonds. The second-order valence-corrected chi connectivity index (χ2v) is 6.34. The van der Waals surface area contributed by atoms with Gasteiger partial charge < -0.3 is 9.80 Å². The van der Waals surface area contributed by atoms with Crippen LogP contribution in [0.25, 0.3) is 0 Å². The zero-order valence-electron chi connectivity index (χ0n) is 14.4. The number of amides is 2. The van der Waals surface area contributed by atoms with Crippen molar-refractivity contribution in [2.75, 3.05) is 25.0 Å². The van der Waals surface area contributed by atoms with E-state index in [1.807, 2.05) is 12.1 Å². The minimum atomic E-state index is -0.808. The Hall–Kier alpha value is -2.83. The van der Waals surface area contributed by atoms with E-state index in [1.54, 1.807) is 24.3 Å². The molecule has 0 aliphatic carbocycles. The zero-order chi connectivity index (χ0) is 18.7.